The first-order valence-electron chi connectivity index (χ1n) is 10.2. The SMILES string of the molecule is CC(=O)c1ccc(NC(=O)[C@H](C)SC2=N[C@@H](C(C)C)C(=O)N2c2ccc(C)cc2)cc1. The van der Waals surface area contributed by atoms with Gasteiger partial charge >= 0.3 is 0 Å². The average Bonchev–Trinajstić information content (AvgIpc) is 3.05. The summed E-state index contributed by atoms with van der Waals surface area (Å²) in [6.07, 6.45) is 0. The van der Waals surface area contributed by atoms with Gasteiger partial charge in [0.1, 0.15) is 6.04 Å². The molecule has 162 valence electrons. The molecule has 31 heavy (non-hydrogen) atoms. The number of amidine groups is 1. The minimum Gasteiger partial charge on any atom is -0.325 e. The van der Waals surface area contributed by atoms with Crippen LogP contribution in [0.25, 0.3) is 0 Å². The second kappa shape index (κ2) is 9.47. The highest BCUT2D eigenvalue weighted by Crippen LogP contribution is 2.31. The number of aryl methyl sites for hydroxylation is 1. The van der Waals surface area contributed by atoms with Gasteiger partial charge in [0.15, 0.2) is 11.0 Å². The van der Waals surface area contributed by atoms with Crippen molar-refractivity contribution in [3.63, 3.8) is 0 Å². The molecule has 0 saturated carbocycles. The second-order valence-corrected chi connectivity index (χ2v) is 9.30. The normalized spacial score (nSPS) is 17.0. The number of Topliss-reactive ketones (excluding diaryl/α,β-unsaturated/α-hetero) is 1. The Morgan fingerprint density at radius 3 is 2.19 bits per heavy atom. The highest BCUT2D eigenvalue weighted by atomic mass is 32.2. The van der Waals surface area contributed by atoms with E-state index in [2.05, 4.69) is 10.3 Å². The molecule has 2 amide bonds. The van der Waals surface area contributed by atoms with E-state index in [0.29, 0.717) is 16.4 Å². The Balaban J connectivity index is 1.76. The van der Waals surface area contributed by atoms with Crippen molar-refractivity contribution in [3.8, 4) is 0 Å². The second-order valence-electron chi connectivity index (χ2n) is 7.99. The maximum atomic E-state index is 13.0. The van der Waals surface area contributed by atoms with Gasteiger partial charge in [-0.2, -0.15) is 0 Å². The Morgan fingerprint density at radius 1 is 1.03 bits per heavy atom. The third-order valence-corrected chi connectivity index (χ3v) is 6.11. The van der Waals surface area contributed by atoms with Crippen molar-refractivity contribution in [2.24, 2.45) is 10.9 Å². The maximum Gasteiger partial charge on any atom is 0.258 e. The van der Waals surface area contributed by atoms with Gasteiger partial charge < -0.3 is 5.32 Å². The Bertz CT molecular complexity index is 1010. The maximum absolute atomic E-state index is 13.0. The fourth-order valence-corrected chi connectivity index (χ4v) is 4.11. The zero-order chi connectivity index (χ0) is 22.7. The predicted octanol–water partition coefficient (Wildman–Crippen LogP) is 4.69. The fourth-order valence-electron chi connectivity index (χ4n) is 3.15. The molecule has 0 spiro atoms. The smallest absolute Gasteiger partial charge is 0.258 e. The Kier molecular flexibility index (Phi) is 6.95. The fraction of sp³-hybridized carbons (Fsp3) is 0.333. The number of thioether (sulfide) groups is 1. The Morgan fingerprint density at radius 2 is 1.65 bits per heavy atom. The first-order valence-corrected chi connectivity index (χ1v) is 11.1. The molecule has 0 saturated heterocycles. The summed E-state index contributed by atoms with van der Waals surface area (Å²) in [5.74, 6) is -0.245. The Hall–Kier alpha value is -2.93. The van der Waals surface area contributed by atoms with Crippen LogP contribution in [-0.4, -0.2) is 34.1 Å². The van der Waals surface area contributed by atoms with Gasteiger partial charge in [-0.25, -0.2) is 4.99 Å². The van der Waals surface area contributed by atoms with Crippen LogP contribution in [0.15, 0.2) is 53.5 Å². The number of carbonyl (C=O) groups excluding carboxylic acids is 3. The van der Waals surface area contributed by atoms with E-state index in [1.54, 1.807) is 36.1 Å². The number of ketones is 1. The lowest BCUT2D eigenvalue weighted by molar-refractivity contribution is -0.119. The standard InChI is InChI=1S/C24H27N3O3S/c1-14(2)21-23(30)27(20-12-6-15(3)7-13-20)24(26-21)31-17(5)22(29)25-19-10-8-18(9-11-19)16(4)28/h6-14,17,21H,1-5H3,(H,25,29)/t17-,21-/m0/s1. The lowest BCUT2D eigenvalue weighted by Crippen LogP contribution is -2.37. The van der Waals surface area contributed by atoms with Gasteiger partial charge in [0.2, 0.25) is 5.91 Å². The number of aliphatic imine (C=N–C) groups is 1. The van der Waals surface area contributed by atoms with Gasteiger partial charge in [0.05, 0.1) is 10.9 Å². The molecule has 1 N–H and O–H groups in total. The first kappa shape index (κ1) is 22.7. The van der Waals surface area contributed by atoms with E-state index >= 15 is 0 Å². The van der Waals surface area contributed by atoms with Crippen LogP contribution in [0.3, 0.4) is 0 Å². The van der Waals surface area contributed by atoms with Crippen molar-refractivity contribution in [1.82, 2.24) is 0 Å². The summed E-state index contributed by atoms with van der Waals surface area (Å²) >= 11 is 1.26. The summed E-state index contributed by atoms with van der Waals surface area (Å²) < 4.78 is 0. The third kappa shape index (κ3) is 5.22. The average molecular weight is 438 g/mol. The van der Waals surface area contributed by atoms with Crippen LogP contribution >= 0.6 is 11.8 Å². The van der Waals surface area contributed by atoms with Crippen molar-refractivity contribution >= 4 is 45.9 Å². The number of benzene rings is 2. The van der Waals surface area contributed by atoms with Crippen molar-refractivity contribution in [2.75, 3.05) is 10.2 Å². The summed E-state index contributed by atoms with van der Waals surface area (Å²) in [6, 6.07) is 14.0. The van der Waals surface area contributed by atoms with E-state index in [1.165, 1.54) is 18.7 Å². The quantitative estimate of drug-likeness (QED) is 0.665. The van der Waals surface area contributed by atoms with Crippen LogP contribution < -0.4 is 10.2 Å². The summed E-state index contributed by atoms with van der Waals surface area (Å²) in [6.45, 7) is 9.21. The highest BCUT2D eigenvalue weighted by Gasteiger charge is 2.38. The molecule has 1 aliphatic rings. The molecule has 2 aromatic rings. The molecular formula is C24H27N3O3S. The molecule has 0 unspecified atom stereocenters. The molecule has 2 aromatic carbocycles. The number of carbonyl (C=O) groups is 3. The van der Waals surface area contributed by atoms with Crippen LogP contribution in [0.5, 0.6) is 0 Å². The zero-order valence-electron chi connectivity index (χ0n) is 18.4. The monoisotopic (exact) mass is 437 g/mol. The molecule has 6 nitrogen and oxygen atoms in total. The van der Waals surface area contributed by atoms with Crippen LogP contribution in [-0.2, 0) is 9.59 Å². The van der Waals surface area contributed by atoms with Gasteiger partial charge in [-0.1, -0.05) is 43.3 Å². The van der Waals surface area contributed by atoms with Crippen molar-refractivity contribution in [1.29, 1.82) is 0 Å². The zero-order valence-corrected chi connectivity index (χ0v) is 19.2. The number of rotatable bonds is 6. The summed E-state index contributed by atoms with van der Waals surface area (Å²) in [5.41, 5.74) is 3.05. The molecular weight excluding hydrogens is 410 g/mol. The number of amides is 2. The third-order valence-electron chi connectivity index (χ3n) is 5.05. The van der Waals surface area contributed by atoms with Crippen molar-refractivity contribution in [3.05, 3.63) is 59.7 Å². The molecule has 0 radical (unpaired) electrons. The summed E-state index contributed by atoms with van der Waals surface area (Å²) in [7, 11) is 0. The number of hydrogen-bond donors (Lipinski definition) is 1. The van der Waals surface area contributed by atoms with Gasteiger partial charge in [-0.05, 0) is 63.1 Å². The van der Waals surface area contributed by atoms with Gasteiger partial charge in [-0.3, -0.25) is 19.3 Å². The molecule has 1 aliphatic heterocycles. The van der Waals surface area contributed by atoms with E-state index in [9.17, 15) is 14.4 Å². The molecule has 1 heterocycles. The molecule has 0 fully saturated rings. The summed E-state index contributed by atoms with van der Waals surface area (Å²) in [4.78, 5) is 43.5. The molecule has 0 aliphatic carbocycles. The number of nitrogens with one attached hydrogen (secondary N) is 1. The predicted molar refractivity (Wildman–Crippen MR) is 127 cm³/mol. The van der Waals surface area contributed by atoms with Crippen molar-refractivity contribution in [2.45, 2.75) is 45.9 Å². The van der Waals surface area contributed by atoms with Gasteiger partial charge in [0, 0.05) is 11.3 Å². The lowest BCUT2D eigenvalue weighted by atomic mass is 10.0. The van der Waals surface area contributed by atoms with Crippen LogP contribution in [0.1, 0.15) is 43.6 Å². The largest absolute Gasteiger partial charge is 0.325 e. The minimum absolute atomic E-state index is 0.0263. The molecule has 2 atom stereocenters. The van der Waals surface area contributed by atoms with Crippen LogP contribution in [0.2, 0.25) is 0 Å². The van der Waals surface area contributed by atoms with Gasteiger partial charge in [0.25, 0.3) is 5.91 Å². The Labute approximate surface area is 187 Å². The van der Waals surface area contributed by atoms with E-state index < -0.39 is 11.3 Å². The van der Waals surface area contributed by atoms with Crippen LogP contribution in [0.4, 0.5) is 11.4 Å². The van der Waals surface area contributed by atoms with Crippen LogP contribution in [0, 0.1) is 12.8 Å². The van der Waals surface area contributed by atoms with E-state index in [4.69, 9.17) is 0 Å². The number of hydrogen-bond acceptors (Lipinski definition) is 5. The lowest BCUT2D eigenvalue weighted by Gasteiger charge is -2.21. The highest BCUT2D eigenvalue weighted by molar-refractivity contribution is 8.15. The van der Waals surface area contributed by atoms with E-state index in [1.807, 2.05) is 45.0 Å². The number of anilines is 2. The number of nitrogens with zero attached hydrogens (tertiary/aromatic N) is 2. The molecule has 0 aromatic heterocycles. The molecule has 7 heteroatoms. The topological polar surface area (TPSA) is 78.8 Å². The minimum atomic E-state index is -0.474. The van der Waals surface area contributed by atoms with E-state index in [0.717, 1.165) is 11.3 Å². The van der Waals surface area contributed by atoms with Crippen molar-refractivity contribution < 1.29 is 14.4 Å². The first-order chi connectivity index (χ1) is 14.7. The molecule has 3 rings (SSSR count). The molecule has 0 bridgehead atoms. The summed E-state index contributed by atoms with van der Waals surface area (Å²) in [5, 5.41) is 2.92. The van der Waals surface area contributed by atoms with Gasteiger partial charge in [-0.15, -0.1) is 0 Å². The van der Waals surface area contributed by atoms with E-state index in [-0.39, 0.29) is 23.5 Å².